The van der Waals surface area contributed by atoms with E-state index in [1.165, 1.54) is 12.5 Å². The monoisotopic (exact) mass is 289 g/mol. The molecule has 1 aromatic carbocycles. The first-order valence-corrected chi connectivity index (χ1v) is 7.62. The van der Waals surface area contributed by atoms with Crippen molar-refractivity contribution >= 4 is 11.7 Å². The number of hydrogen-bond acceptors (Lipinski definition) is 3. The quantitative estimate of drug-likeness (QED) is 0.845. The molecule has 1 atom stereocenters. The Hall–Kier alpha value is -1.84. The summed E-state index contributed by atoms with van der Waals surface area (Å²) >= 11 is 0. The van der Waals surface area contributed by atoms with Crippen LogP contribution in [0.5, 0.6) is 5.75 Å². The van der Waals surface area contributed by atoms with Crippen molar-refractivity contribution in [1.29, 1.82) is 0 Å². The first kappa shape index (κ1) is 15.5. The van der Waals surface area contributed by atoms with Gasteiger partial charge in [-0.3, -0.25) is 9.59 Å². The predicted octanol–water partition coefficient (Wildman–Crippen LogP) is 2.47. The highest BCUT2D eigenvalue weighted by atomic mass is 16.3. The molecular formula is C17H23NO3. The number of carbonyl (C=O) groups excluding carboxylic acids is 2. The summed E-state index contributed by atoms with van der Waals surface area (Å²) in [5.74, 6) is 0.668. The highest BCUT2D eigenvalue weighted by Gasteiger charge is 2.27. The van der Waals surface area contributed by atoms with E-state index in [2.05, 4.69) is 5.32 Å². The Morgan fingerprint density at radius 3 is 2.81 bits per heavy atom. The maximum absolute atomic E-state index is 11.6. The highest BCUT2D eigenvalue weighted by Crippen LogP contribution is 2.42. The summed E-state index contributed by atoms with van der Waals surface area (Å²) in [4.78, 5) is 22.5. The Morgan fingerprint density at radius 2 is 2.14 bits per heavy atom. The third-order valence-electron chi connectivity index (χ3n) is 4.21. The van der Waals surface area contributed by atoms with Crippen LogP contribution >= 0.6 is 0 Å². The van der Waals surface area contributed by atoms with Crippen LogP contribution in [0.25, 0.3) is 0 Å². The summed E-state index contributed by atoms with van der Waals surface area (Å²) in [6.07, 6.45) is 3.56. The van der Waals surface area contributed by atoms with Gasteiger partial charge in [0.25, 0.3) is 0 Å². The molecule has 0 spiro atoms. The number of amides is 1. The number of phenols is 1. The molecule has 1 aliphatic carbocycles. The lowest BCUT2D eigenvalue weighted by Crippen LogP contribution is -2.22. The summed E-state index contributed by atoms with van der Waals surface area (Å²) in [5.41, 5.74) is 2.89. The standard InChI is InChI=1S/C17H23NO3/c1-3-15(20)10-14-7-6-12-4-5-13(16(12)17(14)21)8-9-18-11(2)19/h6-7,13,21H,3-5,8-10H2,1-2H3,(H,18,19). The van der Waals surface area contributed by atoms with Gasteiger partial charge in [0.15, 0.2) is 0 Å². The van der Waals surface area contributed by atoms with Crippen LogP contribution in [0.15, 0.2) is 12.1 Å². The predicted molar refractivity (Wildman–Crippen MR) is 81.5 cm³/mol. The topological polar surface area (TPSA) is 66.4 Å². The minimum atomic E-state index is -0.0280. The van der Waals surface area contributed by atoms with Gasteiger partial charge in [-0.05, 0) is 30.7 Å². The molecule has 114 valence electrons. The molecule has 0 saturated carbocycles. The van der Waals surface area contributed by atoms with Crippen molar-refractivity contribution in [2.75, 3.05) is 6.54 Å². The first-order valence-electron chi connectivity index (χ1n) is 7.62. The molecule has 1 unspecified atom stereocenters. The van der Waals surface area contributed by atoms with Gasteiger partial charge in [0.1, 0.15) is 11.5 Å². The van der Waals surface area contributed by atoms with Gasteiger partial charge in [0.2, 0.25) is 5.91 Å². The summed E-state index contributed by atoms with van der Waals surface area (Å²) in [5, 5.41) is 13.3. The minimum Gasteiger partial charge on any atom is -0.507 e. The van der Waals surface area contributed by atoms with Crippen LogP contribution in [0.1, 0.15) is 55.7 Å². The first-order chi connectivity index (χ1) is 10.0. The van der Waals surface area contributed by atoms with E-state index >= 15 is 0 Å². The summed E-state index contributed by atoms with van der Waals surface area (Å²) in [6.45, 7) is 3.97. The fourth-order valence-corrected chi connectivity index (χ4v) is 3.03. The largest absolute Gasteiger partial charge is 0.507 e. The normalized spacial score (nSPS) is 16.6. The SMILES string of the molecule is CCC(=O)Cc1ccc2c(c1O)C(CCNC(C)=O)CC2. The maximum atomic E-state index is 11.6. The van der Waals surface area contributed by atoms with Crippen LogP contribution in [0.3, 0.4) is 0 Å². The Kier molecular flexibility index (Phi) is 4.99. The van der Waals surface area contributed by atoms with Crippen LogP contribution in [0, 0.1) is 0 Å². The van der Waals surface area contributed by atoms with Crippen molar-refractivity contribution in [2.45, 2.75) is 51.9 Å². The summed E-state index contributed by atoms with van der Waals surface area (Å²) in [6, 6.07) is 3.91. The van der Waals surface area contributed by atoms with Gasteiger partial charge >= 0.3 is 0 Å². The van der Waals surface area contributed by atoms with E-state index in [1.807, 2.05) is 19.1 Å². The van der Waals surface area contributed by atoms with Gasteiger partial charge < -0.3 is 10.4 Å². The van der Waals surface area contributed by atoms with Crippen LogP contribution in [-0.2, 0) is 22.4 Å². The van der Waals surface area contributed by atoms with Gasteiger partial charge in [0, 0.05) is 37.4 Å². The van der Waals surface area contributed by atoms with Crippen molar-refractivity contribution in [1.82, 2.24) is 5.32 Å². The number of hydrogen-bond donors (Lipinski definition) is 2. The molecule has 0 radical (unpaired) electrons. The summed E-state index contributed by atoms with van der Waals surface area (Å²) in [7, 11) is 0. The molecule has 0 aliphatic heterocycles. The van der Waals surface area contributed by atoms with Crippen LogP contribution in [-0.4, -0.2) is 23.3 Å². The Bertz CT molecular complexity index is 551. The van der Waals surface area contributed by atoms with E-state index in [0.717, 1.165) is 30.4 Å². The molecule has 2 rings (SSSR count). The number of ketones is 1. The van der Waals surface area contributed by atoms with Gasteiger partial charge in [-0.25, -0.2) is 0 Å². The van der Waals surface area contributed by atoms with Crippen molar-refractivity contribution in [3.63, 3.8) is 0 Å². The number of aromatic hydroxyl groups is 1. The average Bonchev–Trinajstić information content (AvgIpc) is 2.85. The van der Waals surface area contributed by atoms with E-state index in [9.17, 15) is 14.7 Å². The number of Topliss-reactive ketones (excluding diaryl/α,β-unsaturated/α-hetero) is 1. The number of carbonyl (C=O) groups is 2. The smallest absolute Gasteiger partial charge is 0.216 e. The Labute approximate surface area is 125 Å². The fourth-order valence-electron chi connectivity index (χ4n) is 3.03. The highest BCUT2D eigenvalue weighted by molar-refractivity contribution is 5.81. The van der Waals surface area contributed by atoms with Crippen molar-refractivity contribution in [3.05, 3.63) is 28.8 Å². The van der Waals surface area contributed by atoms with Gasteiger partial charge in [0.05, 0.1) is 0 Å². The zero-order valence-electron chi connectivity index (χ0n) is 12.7. The molecule has 0 aromatic heterocycles. The van der Waals surface area contributed by atoms with E-state index in [0.29, 0.717) is 25.1 Å². The van der Waals surface area contributed by atoms with Gasteiger partial charge in [-0.1, -0.05) is 19.1 Å². The van der Waals surface area contributed by atoms with Crippen molar-refractivity contribution < 1.29 is 14.7 Å². The lowest BCUT2D eigenvalue weighted by molar-refractivity contribution is -0.119. The van der Waals surface area contributed by atoms with E-state index in [-0.39, 0.29) is 17.6 Å². The number of nitrogens with one attached hydrogen (secondary N) is 1. The Morgan fingerprint density at radius 1 is 1.38 bits per heavy atom. The number of fused-ring (bicyclic) bond motifs is 1. The minimum absolute atomic E-state index is 0.0280. The second-order valence-corrected chi connectivity index (χ2v) is 5.72. The second-order valence-electron chi connectivity index (χ2n) is 5.72. The zero-order valence-corrected chi connectivity index (χ0v) is 12.7. The van der Waals surface area contributed by atoms with Crippen LogP contribution in [0.2, 0.25) is 0 Å². The maximum Gasteiger partial charge on any atom is 0.216 e. The molecule has 4 heteroatoms. The number of rotatable bonds is 6. The molecule has 0 saturated heterocycles. The van der Waals surface area contributed by atoms with E-state index in [1.54, 1.807) is 0 Å². The molecule has 2 N–H and O–H groups in total. The van der Waals surface area contributed by atoms with Crippen molar-refractivity contribution in [2.24, 2.45) is 0 Å². The third-order valence-corrected chi connectivity index (χ3v) is 4.21. The molecule has 0 bridgehead atoms. The molecular weight excluding hydrogens is 266 g/mol. The zero-order chi connectivity index (χ0) is 15.4. The molecule has 1 amide bonds. The molecule has 0 heterocycles. The molecule has 0 fully saturated rings. The number of aryl methyl sites for hydroxylation is 1. The third kappa shape index (κ3) is 3.63. The molecule has 1 aromatic rings. The summed E-state index contributed by atoms with van der Waals surface area (Å²) < 4.78 is 0. The Balaban J connectivity index is 2.15. The van der Waals surface area contributed by atoms with Gasteiger partial charge in [-0.15, -0.1) is 0 Å². The number of phenolic OH excluding ortho intramolecular Hbond substituents is 1. The fraction of sp³-hybridized carbons (Fsp3) is 0.529. The van der Waals surface area contributed by atoms with Gasteiger partial charge in [-0.2, -0.15) is 0 Å². The molecule has 4 nitrogen and oxygen atoms in total. The van der Waals surface area contributed by atoms with E-state index < -0.39 is 0 Å². The molecule has 1 aliphatic rings. The van der Waals surface area contributed by atoms with Crippen LogP contribution in [0.4, 0.5) is 0 Å². The van der Waals surface area contributed by atoms with E-state index in [4.69, 9.17) is 0 Å². The van der Waals surface area contributed by atoms with Crippen molar-refractivity contribution in [3.8, 4) is 5.75 Å². The lowest BCUT2D eigenvalue weighted by atomic mass is 9.93. The number of benzene rings is 1. The lowest BCUT2D eigenvalue weighted by Gasteiger charge is -2.15. The second kappa shape index (κ2) is 6.74. The molecule has 21 heavy (non-hydrogen) atoms. The average molecular weight is 289 g/mol. The van der Waals surface area contributed by atoms with Crippen LogP contribution < -0.4 is 5.32 Å².